The highest BCUT2D eigenvalue weighted by molar-refractivity contribution is 8.14. The molecule has 1 heterocycles. The van der Waals surface area contributed by atoms with Gasteiger partial charge in [0, 0.05) is 29.1 Å². The normalized spacial score (nSPS) is 19.0. The van der Waals surface area contributed by atoms with Gasteiger partial charge in [0.2, 0.25) is 0 Å². The van der Waals surface area contributed by atoms with Crippen molar-refractivity contribution < 1.29 is 14.4 Å². The van der Waals surface area contributed by atoms with Crippen LogP contribution in [0.4, 0.5) is 5.69 Å². The van der Waals surface area contributed by atoms with Crippen molar-refractivity contribution in [3.8, 4) is 0 Å². The quantitative estimate of drug-likeness (QED) is 0.505. The van der Waals surface area contributed by atoms with Gasteiger partial charge in [-0.2, -0.15) is 0 Å². The molecule has 0 unspecified atom stereocenters. The van der Waals surface area contributed by atoms with Crippen LogP contribution in [0.1, 0.15) is 0 Å². The summed E-state index contributed by atoms with van der Waals surface area (Å²) in [6.45, 7) is 0.740. The Kier molecular flexibility index (Phi) is 4.82. The van der Waals surface area contributed by atoms with Crippen molar-refractivity contribution >= 4 is 51.7 Å². The number of nitrogens with zero attached hydrogens (tertiary/aromatic N) is 2. The van der Waals surface area contributed by atoms with Crippen LogP contribution in [-0.2, 0) is 14.4 Å². The number of hydrogen-bond donors (Lipinski definition) is 1. The summed E-state index contributed by atoms with van der Waals surface area (Å²) in [5, 5.41) is 5.33. The van der Waals surface area contributed by atoms with Gasteiger partial charge in [-0.1, -0.05) is 23.4 Å². The van der Waals surface area contributed by atoms with E-state index in [2.05, 4.69) is 10.5 Å². The molecular weight excluding hydrogens is 350 g/mol. The molecule has 3 rings (SSSR count). The van der Waals surface area contributed by atoms with Gasteiger partial charge in [-0.25, -0.2) is 5.43 Å². The Hall–Kier alpha value is -2.38. The number of allylic oxidation sites excluding steroid dienone is 3. The number of hydrazone groups is 1. The van der Waals surface area contributed by atoms with Crippen LogP contribution in [0.2, 0.25) is 5.02 Å². The summed E-state index contributed by atoms with van der Waals surface area (Å²) in [5.41, 5.74) is 3.03. The van der Waals surface area contributed by atoms with Crippen molar-refractivity contribution in [2.45, 2.75) is 0 Å². The molecule has 0 atom stereocenters. The zero-order chi connectivity index (χ0) is 17.1. The molecule has 1 fully saturated rings. The van der Waals surface area contributed by atoms with Gasteiger partial charge in [0.1, 0.15) is 0 Å². The molecule has 0 bridgehead atoms. The van der Waals surface area contributed by atoms with Gasteiger partial charge in [0.05, 0.1) is 5.57 Å². The van der Waals surface area contributed by atoms with Crippen LogP contribution in [-0.4, -0.2) is 34.9 Å². The highest BCUT2D eigenvalue weighted by Gasteiger charge is 2.23. The Morgan fingerprint density at radius 3 is 2.71 bits per heavy atom. The summed E-state index contributed by atoms with van der Waals surface area (Å²) >= 11 is 7.37. The molecule has 0 radical (unpaired) electrons. The first-order chi connectivity index (χ1) is 11.5. The molecule has 6 nitrogen and oxygen atoms in total. The molecular formula is C16H12ClN3O3S. The van der Waals surface area contributed by atoms with E-state index in [4.69, 9.17) is 11.6 Å². The lowest BCUT2D eigenvalue weighted by Crippen LogP contribution is -2.30. The second kappa shape index (κ2) is 7.02. The van der Waals surface area contributed by atoms with Gasteiger partial charge in [-0.05, 0) is 36.4 Å². The van der Waals surface area contributed by atoms with Crippen LogP contribution >= 0.6 is 23.4 Å². The fourth-order valence-electron chi connectivity index (χ4n) is 2.20. The van der Waals surface area contributed by atoms with Crippen molar-refractivity contribution in [1.82, 2.24) is 5.43 Å². The number of hydrogen-bond acceptors (Lipinski definition) is 5. The Balaban J connectivity index is 1.73. The smallest absolute Gasteiger partial charge is 0.275 e. The third-order valence-electron chi connectivity index (χ3n) is 3.36. The van der Waals surface area contributed by atoms with Gasteiger partial charge in [-0.15, -0.1) is 5.10 Å². The number of thioether (sulfide) groups is 1. The molecule has 8 heteroatoms. The first-order valence-corrected chi connectivity index (χ1v) is 8.43. The number of carbonyl (C=O) groups excluding carboxylic acids is 3. The SMILES string of the molecule is O=C1C=CC(=O)C(C(=O)N/N=C2/SCCN2c2ccc(Cl)cc2)=C1. The molecule has 24 heavy (non-hydrogen) atoms. The number of anilines is 1. The molecule has 1 saturated heterocycles. The standard InChI is InChI=1S/C16H12ClN3O3S/c17-10-1-3-11(4-2-10)20-7-8-24-16(20)19-18-15(23)13-9-12(21)5-6-14(13)22/h1-6,9H,7-8H2,(H,18,23)/b19-16+. The summed E-state index contributed by atoms with van der Waals surface area (Å²) in [4.78, 5) is 36.9. The number of rotatable bonds is 3. The fourth-order valence-corrected chi connectivity index (χ4v) is 3.25. The minimum absolute atomic E-state index is 0.215. The molecule has 0 saturated carbocycles. The summed E-state index contributed by atoms with van der Waals surface area (Å²) in [6, 6.07) is 7.28. The largest absolute Gasteiger partial charge is 0.319 e. The van der Waals surface area contributed by atoms with Crippen LogP contribution < -0.4 is 10.3 Å². The maximum Gasteiger partial charge on any atom is 0.275 e. The second-order valence-electron chi connectivity index (χ2n) is 4.97. The molecule has 1 aromatic rings. The van der Waals surface area contributed by atoms with Crippen molar-refractivity contribution in [3.63, 3.8) is 0 Å². The molecule has 1 aliphatic carbocycles. The topological polar surface area (TPSA) is 78.8 Å². The van der Waals surface area contributed by atoms with Gasteiger partial charge >= 0.3 is 0 Å². The molecule has 122 valence electrons. The molecule has 1 aliphatic heterocycles. The minimum atomic E-state index is -0.700. The van der Waals surface area contributed by atoms with Crippen LogP contribution in [0.25, 0.3) is 0 Å². The number of amides is 1. The second-order valence-corrected chi connectivity index (χ2v) is 6.47. The van der Waals surface area contributed by atoms with Crippen LogP contribution in [0.15, 0.2) is 53.2 Å². The highest BCUT2D eigenvalue weighted by atomic mass is 35.5. The van der Waals surface area contributed by atoms with E-state index in [0.29, 0.717) is 10.2 Å². The lowest BCUT2D eigenvalue weighted by molar-refractivity contribution is -0.122. The molecule has 0 aromatic heterocycles. The van der Waals surface area contributed by atoms with Crippen LogP contribution in [0, 0.1) is 0 Å². The summed E-state index contributed by atoms with van der Waals surface area (Å²) in [5.74, 6) is -0.791. The van der Waals surface area contributed by atoms with Gasteiger partial charge in [-0.3, -0.25) is 14.4 Å². The maximum absolute atomic E-state index is 12.1. The van der Waals surface area contributed by atoms with Crippen LogP contribution in [0.3, 0.4) is 0 Å². The molecule has 2 aliphatic rings. The average molecular weight is 362 g/mol. The van der Waals surface area contributed by atoms with E-state index in [0.717, 1.165) is 36.2 Å². The molecule has 0 spiro atoms. The lowest BCUT2D eigenvalue weighted by Gasteiger charge is -2.17. The number of halogens is 1. The fraction of sp³-hybridized carbons (Fsp3) is 0.125. The minimum Gasteiger partial charge on any atom is -0.319 e. The van der Waals surface area contributed by atoms with Gasteiger partial charge < -0.3 is 4.90 Å². The maximum atomic E-state index is 12.1. The Morgan fingerprint density at radius 1 is 1.21 bits per heavy atom. The zero-order valence-electron chi connectivity index (χ0n) is 12.4. The van der Waals surface area contributed by atoms with E-state index in [1.807, 2.05) is 17.0 Å². The van der Waals surface area contributed by atoms with E-state index in [1.165, 1.54) is 11.8 Å². The van der Waals surface area contributed by atoms with E-state index >= 15 is 0 Å². The first kappa shape index (κ1) is 16.5. The summed E-state index contributed by atoms with van der Waals surface area (Å²) < 4.78 is 0. The lowest BCUT2D eigenvalue weighted by atomic mass is 10.0. The van der Waals surface area contributed by atoms with Crippen molar-refractivity contribution in [1.29, 1.82) is 0 Å². The molecule has 1 aromatic carbocycles. The highest BCUT2D eigenvalue weighted by Crippen LogP contribution is 2.26. The Bertz CT molecular complexity index is 799. The van der Waals surface area contributed by atoms with Crippen molar-refractivity contribution in [3.05, 3.63) is 53.1 Å². The number of ketones is 2. The van der Waals surface area contributed by atoms with Gasteiger partial charge in [0.15, 0.2) is 16.7 Å². The third kappa shape index (κ3) is 3.58. The predicted octanol–water partition coefficient (Wildman–Crippen LogP) is 1.91. The van der Waals surface area contributed by atoms with E-state index in [1.54, 1.807) is 12.1 Å². The number of nitrogens with one attached hydrogen (secondary N) is 1. The summed E-state index contributed by atoms with van der Waals surface area (Å²) in [6.07, 6.45) is 3.21. The van der Waals surface area contributed by atoms with Crippen molar-refractivity contribution in [2.75, 3.05) is 17.2 Å². The van der Waals surface area contributed by atoms with Crippen LogP contribution in [0.5, 0.6) is 0 Å². The Morgan fingerprint density at radius 2 is 1.96 bits per heavy atom. The third-order valence-corrected chi connectivity index (χ3v) is 4.57. The van der Waals surface area contributed by atoms with Crippen molar-refractivity contribution in [2.24, 2.45) is 5.10 Å². The van der Waals surface area contributed by atoms with Gasteiger partial charge in [0.25, 0.3) is 5.91 Å². The molecule has 1 N–H and O–H groups in total. The predicted molar refractivity (Wildman–Crippen MR) is 94.1 cm³/mol. The van der Waals surface area contributed by atoms with E-state index in [-0.39, 0.29) is 5.57 Å². The number of benzene rings is 1. The monoisotopic (exact) mass is 361 g/mol. The number of carbonyl (C=O) groups is 3. The zero-order valence-corrected chi connectivity index (χ0v) is 13.9. The first-order valence-electron chi connectivity index (χ1n) is 7.06. The van der Waals surface area contributed by atoms with E-state index < -0.39 is 17.5 Å². The Labute approximate surface area is 147 Å². The van der Waals surface area contributed by atoms with E-state index in [9.17, 15) is 14.4 Å². The average Bonchev–Trinajstić information content (AvgIpc) is 3.04. The molecule has 1 amide bonds. The number of amidine groups is 1. The summed E-state index contributed by atoms with van der Waals surface area (Å²) in [7, 11) is 0.